The predicted octanol–water partition coefficient (Wildman–Crippen LogP) is 4.42. The van der Waals surface area contributed by atoms with E-state index < -0.39 is 0 Å². The van der Waals surface area contributed by atoms with Crippen molar-refractivity contribution in [2.24, 2.45) is 0 Å². The Morgan fingerprint density at radius 2 is 1.92 bits per heavy atom. The normalized spacial score (nSPS) is 12.7. The van der Waals surface area contributed by atoms with Crippen LogP contribution in [0.25, 0.3) is 5.00 Å². The molecule has 4 nitrogen and oxygen atoms in total. The first-order valence-corrected chi connectivity index (χ1v) is 8.93. The summed E-state index contributed by atoms with van der Waals surface area (Å²) in [5, 5.41) is 11.6. The number of ether oxygens (including phenoxy) is 1. The van der Waals surface area contributed by atoms with Crippen molar-refractivity contribution in [1.29, 1.82) is 0 Å². The Bertz CT molecular complexity index is 823. The molecule has 0 aliphatic carbocycles. The quantitative estimate of drug-likeness (QED) is 0.690. The highest BCUT2D eigenvalue weighted by atomic mass is 32.1. The van der Waals surface area contributed by atoms with Crippen molar-refractivity contribution >= 4 is 11.3 Å². The van der Waals surface area contributed by atoms with E-state index >= 15 is 0 Å². The molecule has 1 aliphatic rings. The zero-order valence-corrected chi connectivity index (χ0v) is 14.9. The van der Waals surface area contributed by atoms with Crippen molar-refractivity contribution in [2.75, 3.05) is 0 Å². The lowest BCUT2D eigenvalue weighted by Crippen LogP contribution is -2.00. The summed E-state index contributed by atoms with van der Waals surface area (Å²) >= 11 is 1.68. The van der Waals surface area contributed by atoms with Gasteiger partial charge in [0, 0.05) is 5.56 Å². The molecule has 1 aromatic carbocycles. The minimum Gasteiger partial charge on any atom is -0.369 e. The number of fused-ring (bicyclic) bond motifs is 3. The van der Waals surface area contributed by atoms with E-state index in [0.29, 0.717) is 13.2 Å². The molecular weight excluding hydrogens is 325 g/mol. The van der Waals surface area contributed by atoms with Gasteiger partial charge in [-0.25, -0.2) is 4.39 Å². The van der Waals surface area contributed by atoms with E-state index in [4.69, 9.17) is 4.74 Å². The zero-order valence-electron chi connectivity index (χ0n) is 14.0. The first kappa shape index (κ1) is 16.8. The average molecular weight is 345 g/mol. The molecule has 0 bridgehead atoms. The fourth-order valence-corrected chi connectivity index (χ4v) is 3.88. The molecule has 0 N–H and O–H groups in total. The molecule has 0 saturated heterocycles. The lowest BCUT2D eigenvalue weighted by atomic mass is 10.0. The van der Waals surface area contributed by atoms with Crippen molar-refractivity contribution in [3.8, 4) is 5.00 Å². The molecule has 2 aromatic heterocycles. The van der Waals surface area contributed by atoms with Crippen LogP contribution in [0.3, 0.4) is 0 Å². The summed E-state index contributed by atoms with van der Waals surface area (Å²) in [7, 11) is 0. The molecule has 0 saturated carbocycles. The van der Waals surface area contributed by atoms with Gasteiger partial charge in [-0.05, 0) is 42.0 Å². The molecule has 3 aromatic rings. The van der Waals surface area contributed by atoms with Crippen LogP contribution in [0, 0.1) is 12.7 Å². The van der Waals surface area contributed by atoms with E-state index in [0.717, 1.165) is 28.6 Å². The van der Waals surface area contributed by atoms with Crippen LogP contribution in [0.1, 0.15) is 42.2 Å². The van der Waals surface area contributed by atoms with E-state index in [-0.39, 0.29) is 5.82 Å². The number of aromatic nitrogens is 3. The maximum absolute atomic E-state index is 13.0. The molecule has 6 heteroatoms. The fourth-order valence-electron chi connectivity index (χ4n) is 2.73. The second-order valence-corrected chi connectivity index (χ2v) is 6.20. The third-order valence-electron chi connectivity index (χ3n) is 3.84. The largest absolute Gasteiger partial charge is 0.369 e. The molecular formula is C18H20FN3OS. The summed E-state index contributed by atoms with van der Waals surface area (Å²) in [4.78, 5) is 0. The van der Waals surface area contributed by atoms with Crippen molar-refractivity contribution in [1.82, 2.24) is 14.8 Å². The number of hydrogen-bond acceptors (Lipinski definition) is 4. The minimum atomic E-state index is -0.207. The third-order valence-corrected chi connectivity index (χ3v) is 4.89. The zero-order chi connectivity index (χ0) is 17.1. The van der Waals surface area contributed by atoms with E-state index in [1.54, 1.807) is 11.3 Å². The summed E-state index contributed by atoms with van der Waals surface area (Å²) in [6.45, 7) is 6.99. The van der Waals surface area contributed by atoms with Crippen LogP contribution in [0.4, 0.5) is 4.39 Å². The van der Waals surface area contributed by atoms with E-state index in [1.807, 2.05) is 32.9 Å². The molecule has 126 valence electrons. The van der Waals surface area contributed by atoms with Gasteiger partial charge < -0.3 is 4.74 Å². The van der Waals surface area contributed by atoms with E-state index in [9.17, 15) is 4.39 Å². The lowest BCUT2D eigenvalue weighted by Gasteiger charge is -2.06. The van der Waals surface area contributed by atoms with Gasteiger partial charge in [-0.3, -0.25) is 4.57 Å². The molecule has 4 rings (SSSR count). The monoisotopic (exact) mass is 345 g/mol. The van der Waals surface area contributed by atoms with Gasteiger partial charge >= 0.3 is 0 Å². The van der Waals surface area contributed by atoms with Gasteiger partial charge in [0.2, 0.25) is 0 Å². The molecule has 0 unspecified atom stereocenters. The Morgan fingerprint density at radius 1 is 1.17 bits per heavy atom. The number of aryl methyl sites for hydroxylation is 1. The Kier molecular flexibility index (Phi) is 5.06. The van der Waals surface area contributed by atoms with Crippen LogP contribution >= 0.6 is 11.3 Å². The van der Waals surface area contributed by atoms with Crippen LogP contribution in [0.5, 0.6) is 0 Å². The van der Waals surface area contributed by atoms with Crippen LogP contribution in [0.15, 0.2) is 29.6 Å². The van der Waals surface area contributed by atoms with E-state index in [1.165, 1.54) is 23.3 Å². The summed E-state index contributed by atoms with van der Waals surface area (Å²) in [6, 6.07) is 6.65. The Labute approximate surface area is 144 Å². The maximum atomic E-state index is 13.0. The summed E-state index contributed by atoms with van der Waals surface area (Å²) in [5.74, 6) is 1.50. The summed E-state index contributed by atoms with van der Waals surface area (Å²) in [6.07, 6.45) is 0.770. The van der Waals surface area contributed by atoms with Crippen LogP contribution in [0.2, 0.25) is 0 Å². The molecule has 0 amide bonds. The number of hydrogen-bond donors (Lipinski definition) is 0. The fraction of sp³-hybridized carbons (Fsp3) is 0.333. The van der Waals surface area contributed by atoms with Crippen LogP contribution in [-0.4, -0.2) is 14.8 Å². The Morgan fingerprint density at radius 3 is 2.67 bits per heavy atom. The van der Waals surface area contributed by atoms with Gasteiger partial charge in [0.15, 0.2) is 5.82 Å². The maximum Gasteiger partial charge on any atom is 0.164 e. The minimum absolute atomic E-state index is 0.207. The molecule has 1 aliphatic heterocycles. The Balaban J connectivity index is 0.000000815. The smallest absolute Gasteiger partial charge is 0.164 e. The van der Waals surface area contributed by atoms with Gasteiger partial charge in [0.25, 0.3) is 0 Å². The second-order valence-electron chi connectivity index (χ2n) is 5.34. The molecule has 0 spiro atoms. The van der Waals surface area contributed by atoms with Gasteiger partial charge in [-0.1, -0.05) is 26.0 Å². The SMILES string of the molecule is CC.Cc1nnc2n1-c1scc(Cc3ccc(F)cc3)c1COC2. The van der Waals surface area contributed by atoms with E-state index in [2.05, 4.69) is 20.1 Å². The van der Waals surface area contributed by atoms with Crippen molar-refractivity contribution in [2.45, 2.75) is 40.4 Å². The van der Waals surface area contributed by atoms with Gasteiger partial charge in [-0.15, -0.1) is 21.5 Å². The first-order chi connectivity index (χ1) is 11.7. The lowest BCUT2D eigenvalue weighted by molar-refractivity contribution is 0.104. The van der Waals surface area contributed by atoms with Crippen molar-refractivity contribution in [3.63, 3.8) is 0 Å². The van der Waals surface area contributed by atoms with Gasteiger partial charge in [0.05, 0.1) is 6.61 Å². The third kappa shape index (κ3) is 3.12. The number of thiophene rings is 1. The summed E-state index contributed by atoms with van der Waals surface area (Å²) < 4.78 is 20.8. The predicted molar refractivity (Wildman–Crippen MR) is 93.0 cm³/mol. The van der Waals surface area contributed by atoms with Gasteiger partial charge in [-0.2, -0.15) is 0 Å². The number of benzene rings is 1. The molecule has 3 heterocycles. The summed E-state index contributed by atoms with van der Waals surface area (Å²) in [5.41, 5.74) is 3.48. The number of halogens is 1. The highest BCUT2D eigenvalue weighted by molar-refractivity contribution is 7.12. The van der Waals surface area contributed by atoms with Crippen LogP contribution in [-0.2, 0) is 24.4 Å². The average Bonchev–Trinajstić information content (AvgIpc) is 3.10. The standard InChI is InChI=1S/C16H14FN3OS.C2H6/c1-10-18-19-15-8-21-7-14-12(9-22-16(14)20(10)15)6-11-2-4-13(17)5-3-11;1-2/h2-5,9H,6-8H2,1H3;1-2H3. The molecule has 0 radical (unpaired) electrons. The second kappa shape index (κ2) is 7.23. The highest BCUT2D eigenvalue weighted by Gasteiger charge is 2.22. The molecule has 0 fully saturated rings. The Hall–Kier alpha value is -2.05. The highest BCUT2D eigenvalue weighted by Crippen LogP contribution is 2.33. The number of rotatable bonds is 2. The molecule has 0 atom stereocenters. The first-order valence-electron chi connectivity index (χ1n) is 8.05. The van der Waals surface area contributed by atoms with Crippen molar-refractivity contribution in [3.05, 3.63) is 63.8 Å². The molecule has 24 heavy (non-hydrogen) atoms. The van der Waals surface area contributed by atoms with Gasteiger partial charge in [0.1, 0.15) is 23.2 Å². The van der Waals surface area contributed by atoms with Crippen LogP contribution < -0.4 is 0 Å². The topological polar surface area (TPSA) is 39.9 Å². The van der Waals surface area contributed by atoms with Crippen molar-refractivity contribution < 1.29 is 9.13 Å². The number of nitrogens with zero attached hydrogens (tertiary/aromatic N) is 3.